The molecule has 0 radical (unpaired) electrons. The first-order valence-electron chi connectivity index (χ1n) is 5.75. The second-order valence-electron chi connectivity index (χ2n) is 3.63. The molecule has 1 aromatic rings. The Morgan fingerprint density at radius 2 is 1.60 bits per heavy atom. The molecule has 20 heavy (non-hydrogen) atoms. The molecule has 0 saturated carbocycles. The minimum atomic E-state index is -1.07. The van der Waals surface area contributed by atoms with E-state index in [9.17, 15) is 14.4 Å². The lowest BCUT2D eigenvalue weighted by atomic mass is 10.2. The van der Waals surface area contributed by atoms with Crippen molar-refractivity contribution in [1.82, 2.24) is 0 Å². The minimum Gasteiger partial charge on any atom is -0.466 e. The van der Waals surface area contributed by atoms with Crippen molar-refractivity contribution in [2.45, 2.75) is 13.2 Å². The molecule has 1 atom stereocenters. The Kier molecular flexibility index (Phi) is 5.96. The molecule has 1 aromatic carbocycles. The topological polar surface area (TPSA) is 78.9 Å². The van der Waals surface area contributed by atoms with Crippen molar-refractivity contribution < 1.29 is 28.6 Å². The van der Waals surface area contributed by atoms with E-state index in [2.05, 4.69) is 4.74 Å². The van der Waals surface area contributed by atoms with Crippen molar-refractivity contribution in [3.8, 4) is 0 Å². The number of carbonyl (C=O) groups excluding carboxylic acids is 3. The molecule has 6 nitrogen and oxygen atoms in total. The molecule has 1 unspecified atom stereocenters. The highest BCUT2D eigenvalue weighted by Crippen LogP contribution is 2.05. The van der Waals surface area contributed by atoms with Crippen LogP contribution in [-0.4, -0.2) is 31.3 Å². The number of esters is 3. The van der Waals surface area contributed by atoms with Crippen LogP contribution in [0.1, 0.15) is 17.3 Å². The number of rotatable bonds is 5. The lowest BCUT2D eigenvalue weighted by Crippen LogP contribution is -2.21. The zero-order valence-corrected chi connectivity index (χ0v) is 11.1. The van der Waals surface area contributed by atoms with E-state index in [1.807, 2.05) is 0 Å². The van der Waals surface area contributed by atoms with E-state index in [-0.39, 0.29) is 0 Å². The summed E-state index contributed by atoms with van der Waals surface area (Å²) in [6, 6.07) is 8.29. The lowest BCUT2D eigenvalue weighted by molar-refractivity contribution is -0.159. The van der Waals surface area contributed by atoms with Crippen LogP contribution in [0.15, 0.2) is 42.5 Å². The third-order valence-electron chi connectivity index (χ3n) is 2.12. The molecule has 6 heteroatoms. The third-order valence-corrected chi connectivity index (χ3v) is 2.12. The summed E-state index contributed by atoms with van der Waals surface area (Å²) >= 11 is 0. The maximum Gasteiger partial charge on any atom is 0.341 e. The second kappa shape index (κ2) is 7.73. The fourth-order valence-corrected chi connectivity index (χ4v) is 1.22. The van der Waals surface area contributed by atoms with Gasteiger partial charge in [-0.1, -0.05) is 18.2 Å². The Hall–Kier alpha value is -2.63. The molecule has 0 spiro atoms. The fourth-order valence-electron chi connectivity index (χ4n) is 1.22. The molecule has 0 aromatic heterocycles. The average molecular weight is 278 g/mol. The summed E-state index contributed by atoms with van der Waals surface area (Å²) in [6.45, 7) is 1.39. The van der Waals surface area contributed by atoms with E-state index in [4.69, 9.17) is 9.47 Å². The predicted octanol–water partition coefficient (Wildman–Crippen LogP) is 1.46. The van der Waals surface area contributed by atoms with Gasteiger partial charge in [0, 0.05) is 19.1 Å². The molecule has 0 bridgehead atoms. The Morgan fingerprint density at radius 3 is 2.20 bits per heavy atom. The number of ether oxygens (including phenoxy) is 3. The maximum atomic E-state index is 11.6. The molecule has 0 aliphatic carbocycles. The molecule has 106 valence electrons. The predicted molar refractivity (Wildman–Crippen MR) is 68.6 cm³/mol. The fraction of sp³-hybridized carbons (Fsp3) is 0.214. The molecular formula is C14H14O6. The van der Waals surface area contributed by atoms with Gasteiger partial charge in [-0.05, 0) is 12.1 Å². The molecule has 0 heterocycles. The summed E-state index contributed by atoms with van der Waals surface area (Å²) in [6.07, 6.45) is 0.727. The van der Waals surface area contributed by atoms with Crippen LogP contribution in [0.4, 0.5) is 0 Å². The minimum absolute atomic E-state index is 0.348. The van der Waals surface area contributed by atoms with Crippen LogP contribution in [0.3, 0.4) is 0 Å². The highest BCUT2D eigenvalue weighted by atomic mass is 16.7. The number of benzene rings is 1. The van der Waals surface area contributed by atoms with E-state index in [0.29, 0.717) is 5.56 Å². The molecule has 0 aliphatic heterocycles. The van der Waals surface area contributed by atoms with Crippen molar-refractivity contribution >= 4 is 17.9 Å². The van der Waals surface area contributed by atoms with Crippen molar-refractivity contribution in [1.29, 1.82) is 0 Å². The van der Waals surface area contributed by atoms with Crippen LogP contribution < -0.4 is 0 Å². The van der Waals surface area contributed by atoms with Gasteiger partial charge in [-0.2, -0.15) is 0 Å². The van der Waals surface area contributed by atoms with Gasteiger partial charge < -0.3 is 14.2 Å². The molecule has 0 saturated heterocycles. The maximum absolute atomic E-state index is 11.6. The summed E-state index contributed by atoms with van der Waals surface area (Å²) in [7, 11) is 1.18. The van der Waals surface area contributed by atoms with E-state index >= 15 is 0 Å². The molecule has 1 rings (SSSR count). The molecule has 0 amide bonds. The lowest BCUT2D eigenvalue weighted by Gasteiger charge is -2.12. The van der Waals surface area contributed by atoms with Gasteiger partial charge in [0.15, 0.2) is 0 Å². The van der Waals surface area contributed by atoms with Gasteiger partial charge in [-0.25, -0.2) is 14.4 Å². The van der Waals surface area contributed by atoms with Gasteiger partial charge >= 0.3 is 17.9 Å². The highest BCUT2D eigenvalue weighted by molar-refractivity contribution is 5.92. The quantitative estimate of drug-likeness (QED) is 0.461. The van der Waals surface area contributed by atoms with E-state index in [0.717, 1.165) is 12.2 Å². The SMILES string of the molecule is COC(=O)C=CC(=O)OC(C)OC(=O)c1ccccc1. The van der Waals surface area contributed by atoms with Crippen LogP contribution in [0, 0.1) is 0 Å². The normalized spacial score (nSPS) is 11.7. The van der Waals surface area contributed by atoms with Crippen molar-refractivity contribution in [3.63, 3.8) is 0 Å². The van der Waals surface area contributed by atoms with Crippen LogP contribution in [0.2, 0.25) is 0 Å². The number of hydrogen-bond donors (Lipinski definition) is 0. The van der Waals surface area contributed by atoms with Crippen LogP contribution in [-0.2, 0) is 23.8 Å². The number of carbonyl (C=O) groups is 3. The van der Waals surface area contributed by atoms with E-state index < -0.39 is 24.2 Å². The first-order valence-corrected chi connectivity index (χ1v) is 5.75. The standard InChI is InChI=1S/C14H14O6/c1-10(19-13(16)9-8-12(15)18-2)20-14(17)11-6-4-3-5-7-11/h3-10H,1-2H3. The second-order valence-corrected chi connectivity index (χ2v) is 3.63. The number of hydrogen-bond acceptors (Lipinski definition) is 6. The van der Waals surface area contributed by atoms with Crippen molar-refractivity contribution in [2.24, 2.45) is 0 Å². The monoisotopic (exact) mass is 278 g/mol. The summed E-state index contributed by atoms with van der Waals surface area (Å²) in [5.74, 6) is -2.11. The van der Waals surface area contributed by atoms with Gasteiger partial charge in [0.1, 0.15) is 0 Å². The van der Waals surface area contributed by atoms with Gasteiger partial charge in [-0.3, -0.25) is 0 Å². The summed E-state index contributed by atoms with van der Waals surface area (Å²) in [5, 5.41) is 0. The molecule has 0 N–H and O–H groups in total. The van der Waals surface area contributed by atoms with Gasteiger partial charge in [0.05, 0.1) is 12.7 Å². The first-order chi connectivity index (χ1) is 9.52. The van der Waals surface area contributed by atoms with Crippen LogP contribution >= 0.6 is 0 Å². The molecule has 0 fully saturated rings. The Balaban J connectivity index is 2.46. The van der Waals surface area contributed by atoms with Crippen molar-refractivity contribution in [2.75, 3.05) is 7.11 Å². The third kappa shape index (κ3) is 5.34. The summed E-state index contributed by atoms with van der Waals surface area (Å²) in [5.41, 5.74) is 0.348. The molecule has 0 aliphatic rings. The van der Waals surface area contributed by atoms with E-state index in [1.54, 1.807) is 30.3 Å². The smallest absolute Gasteiger partial charge is 0.341 e. The first kappa shape index (κ1) is 15.4. The Morgan fingerprint density at radius 1 is 1.00 bits per heavy atom. The Labute approximate surface area is 115 Å². The summed E-state index contributed by atoms with van der Waals surface area (Å²) in [4.78, 5) is 33.7. The number of methoxy groups -OCH3 is 1. The zero-order chi connectivity index (χ0) is 15.0. The average Bonchev–Trinajstić information content (AvgIpc) is 2.45. The zero-order valence-electron chi connectivity index (χ0n) is 11.1. The van der Waals surface area contributed by atoms with Gasteiger partial charge in [-0.15, -0.1) is 0 Å². The largest absolute Gasteiger partial charge is 0.466 e. The Bertz CT molecular complexity index is 506. The van der Waals surface area contributed by atoms with Gasteiger partial charge in [0.2, 0.25) is 6.29 Å². The molecular weight excluding hydrogens is 264 g/mol. The van der Waals surface area contributed by atoms with E-state index in [1.165, 1.54) is 14.0 Å². The highest BCUT2D eigenvalue weighted by Gasteiger charge is 2.14. The summed E-state index contributed by atoms with van der Waals surface area (Å²) < 4.78 is 14.0. The van der Waals surface area contributed by atoms with Crippen molar-refractivity contribution in [3.05, 3.63) is 48.0 Å². The van der Waals surface area contributed by atoms with Crippen LogP contribution in [0.25, 0.3) is 0 Å². The van der Waals surface area contributed by atoms with Gasteiger partial charge in [0.25, 0.3) is 0 Å². The van der Waals surface area contributed by atoms with Crippen LogP contribution in [0.5, 0.6) is 0 Å².